The van der Waals surface area contributed by atoms with Crippen LogP contribution < -0.4 is 5.32 Å². The SMILES string of the molecule is CNC(=O)C(C)(C)CC1CC=C(C2[B]C(C)(C)C(C)(C)[B]2)CC1. The summed E-state index contributed by atoms with van der Waals surface area (Å²) in [6.07, 6.45) is 6.95. The lowest BCUT2D eigenvalue weighted by molar-refractivity contribution is -0.129. The summed E-state index contributed by atoms with van der Waals surface area (Å²) < 4.78 is 0. The third-order valence-corrected chi connectivity index (χ3v) is 6.48. The summed E-state index contributed by atoms with van der Waals surface area (Å²) in [5.41, 5.74) is 1.87. The van der Waals surface area contributed by atoms with Gasteiger partial charge in [-0.3, -0.25) is 4.79 Å². The van der Waals surface area contributed by atoms with Crippen molar-refractivity contribution in [3.63, 3.8) is 0 Å². The van der Waals surface area contributed by atoms with Gasteiger partial charge in [-0.1, -0.05) is 69.5 Å². The summed E-state index contributed by atoms with van der Waals surface area (Å²) in [4.78, 5) is 12.0. The highest BCUT2D eigenvalue weighted by atomic mass is 16.2. The van der Waals surface area contributed by atoms with Crippen LogP contribution in [0, 0.1) is 11.3 Å². The van der Waals surface area contributed by atoms with Crippen LogP contribution in [-0.2, 0) is 4.79 Å². The van der Waals surface area contributed by atoms with Crippen molar-refractivity contribution in [3.05, 3.63) is 11.6 Å². The number of hydrogen-bond donors (Lipinski definition) is 1. The van der Waals surface area contributed by atoms with Crippen LogP contribution in [0.5, 0.6) is 0 Å². The van der Waals surface area contributed by atoms with Gasteiger partial charge in [0, 0.05) is 12.5 Å². The molecular formula is C19H33B2NO. The molecule has 23 heavy (non-hydrogen) atoms. The highest BCUT2D eigenvalue weighted by molar-refractivity contribution is 6.70. The molecule has 0 spiro atoms. The lowest BCUT2D eigenvalue weighted by Crippen LogP contribution is -2.36. The van der Waals surface area contributed by atoms with E-state index >= 15 is 0 Å². The maximum atomic E-state index is 12.0. The quantitative estimate of drug-likeness (QED) is 0.603. The van der Waals surface area contributed by atoms with Crippen molar-refractivity contribution >= 4 is 20.5 Å². The average Bonchev–Trinajstić information content (AvgIpc) is 2.67. The first-order chi connectivity index (χ1) is 10.5. The van der Waals surface area contributed by atoms with Gasteiger partial charge in [0.1, 0.15) is 14.6 Å². The maximum absolute atomic E-state index is 12.0. The number of carbonyl (C=O) groups excluding carboxylic acids is 1. The number of rotatable bonds is 4. The van der Waals surface area contributed by atoms with Gasteiger partial charge in [0.2, 0.25) is 5.91 Å². The minimum Gasteiger partial charge on any atom is -0.359 e. The highest BCUT2D eigenvalue weighted by Gasteiger charge is 2.48. The normalized spacial score (nSPS) is 26.9. The van der Waals surface area contributed by atoms with Crippen molar-refractivity contribution in [3.8, 4) is 0 Å². The Kier molecular flexibility index (Phi) is 5.14. The van der Waals surface area contributed by atoms with Crippen molar-refractivity contribution in [1.29, 1.82) is 0 Å². The number of carbonyl (C=O) groups is 1. The van der Waals surface area contributed by atoms with E-state index < -0.39 is 0 Å². The molecule has 1 amide bonds. The molecule has 0 bridgehead atoms. The second kappa shape index (κ2) is 6.33. The third-order valence-electron chi connectivity index (χ3n) is 6.48. The van der Waals surface area contributed by atoms with Gasteiger partial charge in [-0.2, -0.15) is 0 Å². The molecule has 1 atom stereocenters. The molecule has 1 fully saturated rings. The molecule has 0 aromatic heterocycles. The maximum Gasteiger partial charge on any atom is 0.225 e. The first-order valence-electron chi connectivity index (χ1n) is 9.12. The van der Waals surface area contributed by atoms with Crippen LogP contribution in [-0.4, -0.2) is 27.5 Å². The molecule has 2 aliphatic rings. The Morgan fingerprint density at radius 1 is 1.26 bits per heavy atom. The molecule has 0 saturated carbocycles. The molecule has 4 heteroatoms. The predicted octanol–water partition coefficient (Wildman–Crippen LogP) is 4.44. The first kappa shape index (κ1) is 18.7. The monoisotopic (exact) mass is 313 g/mol. The van der Waals surface area contributed by atoms with E-state index in [-0.39, 0.29) is 22.0 Å². The third kappa shape index (κ3) is 3.88. The first-order valence-corrected chi connectivity index (χ1v) is 9.12. The van der Waals surface area contributed by atoms with Crippen molar-refractivity contribution in [2.45, 2.75) is 83.6 Å². The van der Waals surface area contributed by atoms with E-state index in [0.717, 1.165) is 12.8 Å². The average molecular weight is 313 g/mol. The number of allylic oxidation sites excluding steroid dienone is 2. The minimum absolute atomic E-state index is 0.160. The predicted molar refractivity (Wildman–Crippen MR) is 101 cm³/mol. The number of hydrogen-bond acceptors (Lipinski definition) is 1. The summed E-state index contributed by atoms with van der Waals surface area (Å²) in [6.45, 7) is 13.5. The summed E-state index contributed by atoms with van der Waals surface area (Å²) in [6, 6.07) is 0. The fourth-order valence-electron chi connectivity index (χ4n) is 4.14. The molecule has 126 valence electrons. The van der Waals surface area contributed by atoms with Crippen LogP contribution in [0.25, 0.3) is 0 Å². The molecule has 1 aliphatic heterocycles. The summed E-state index contributed by atoms with van der Waals surface area (Å²) in [5.74, 6) is 0.793. The fourth-order valence-corrected chi connectivity index (χ4v) is 4.14. The Hall–Kier alpha value is -0.660. The second-order valence-corrected chi connectivity index (χ2v) is 9.39. The van der Waals surface area contributed by atoms with Crippen LogP contribution in [0.1, 0.15) is 67.2 Å². The van der Waals surface area contributed by atoms with Crippen molar-refractivity contribution in [2.75, 3.05) is 7.05 Å². The fraction of sp³-hybridized carbons (Fsp3) is 0.842. The van der Waals surface area contributed by atoms with Gasteiger partial charge in [-0.15, -0.1) is 0 Å². The van der Waals surface area contributed by atoms with Crippen molar-refractivity contribution in [2.24, 2.45) is 11.3 Å². The zero-order chi connectivity index (χ0) is 17.5. The molecular weight excluding hydrogens is 280 g/mol. The molecule has 1 heterocycles. The van der Waals surface area contributed by atoms with E-state index in [9.17, 15) is 4.79 Å². The summed E-state index contributed by atoms with van der Waals surface area (Å²) >= 11 is 0. The molecule has 2 rings (SSSR count). The molecule has 0 aromatic carbocycles. The van der Waals surface area contributed by atoms with Crippen molar-refractivity contribution < 1.29 is 4.79 Å². The van der Waals surface area contributed by atoms with Crippen LogP contribution in [0.15, 0.2) is 11.6 Å². The molecule has 2 radical (unpaired) electrons. The molecule has 1 N–H and O–H groups in total. The summed E-state index contributed by atoms with van der Waals surface area (Å²) in [7, 11) is 6.81. The Labute approximate surface area is 144 Å². The Bertz CT molecular complexity index is 478. The van der Waals surface area contributed by atoms with Crippen LogP contribution in [0.3, 0.4) is 0 Å². The Morgan fingerprint density at radius 2 is 1.83 bits per heavy atom. The standard InChI is InChI=1S/C19H33B2NO/c1-17(2,16(23)22-7)12-13-8-10-14(11-9-13)15-20-18(3,4)19(5,6)21-15/h10,13,15H,8-9,11-12H2,1-7H3,(H,22,23). The summed E-state index contributed by atoms with van der Waals surface area (Å²) in [5, 5.41) is 3.32. The number of nitrogens with one attached hydrogen (secondary N) is 1. The molecule has 0 aromatic rings. The molecule has 1 aliphatic carbocycles. The Balaban J connectivity index is 1.96. The van der Waals surface area contributed by atoms with E-state index in [4.69, 9.17) is 0 Å². The van der Waals surface area contributed by atoms with Crippen LogP contribution in [0.4, 0.5) is 0 Å². The van der Waals surface area contributed by atoms with E-state index in [1.54, 1.807) is 12.6 Å². The Morgan fingerprint density at radius 3 is 2.26 bits per heavy atom. The van der Waals surface area contributed by atoms with Gasteiger partial charge in [0.25, 0.3) is 0 Å². The van der Waals surface area contributed by atoms with E-state index in [1.165, 1.54) is 12.8 Å². The number of amides is 1. The van der Waals surface area contributed by atoms with Crippen LogP contribution in [0.2, 0.25) is 16.3 Å². The highest BCUT2D eigenvalue weighted by Crippen LogP contribution is 2.59. The van der Waals surface area contributed by atoms with Gasteiger partial charge in [-0.05, 0) is 31.6 Å². The van der Waals surface area contributed by atoms with Gasteiger partial charge in [0.15, 0.2) is 0 Å². The lowest BCUT2D eigenvalue weighted by atomic mass is 9.45. The van der Waals surface area contributed by atoms with E-state index in [2.05, 4.69) is 67.5 Å². The minimum atomic E-state index is -0.264. The second-order valence-electron chi connectivity index (χ2n) is 9.39. The van der Waals surface area contributed by atoms with Crippen molar-refractivity contribution in [1.82, 2.24) is 5.32 Å². The van der Waals surface area contributed by atoms with Crippen LogP contribution >= 0.6 is 0 Å². The molecule has 1 unspecified atom stereocenters. The van der Waals surface area contributed by atoms with Gasteiger partial charge >= 0.3 is 0 Å². The molecule has 1 saturated heterocycles. The van der Waals surface area contributed by atoms with E-state index in [1.807, 2.05) is 0 Å². The molecule has 2 nitrogen and oxygen atoms in total. The van der Waals surface area contributed by atoms with E-state index in [0.29, 0.717) is 11.6 Å². The van der Waals surface area contributed by atoms with Gasteiger partial charge in [0.05, 0.1) is 0 Å². The zero-order valence-electron chi connectivity index (χ0n) is 16.1. The van der Waals surface area contributed by atoms with Gasteiger partial charge < -0.3 is 5.32 Å². The zero-order valence-corrected chi connectivity index (χ0v) is 16.1. The van der Waals surface area contributed by atoms with Gasteiger partial charge in [-0.25, -0.2) is 0 Å². The smallest absolute Gasteiger partial charge is 0.225 e. The largest absolute Gasteiger partial charge is 0.359 e. The topological polar surface area (TPSA) is 29.1 Å². The lowest BCUT2D eigenvalue weighted by Gasteiger charge is -2.35.